The van der Waals surface area contributed by atoms with Gasteiger partial charge in [0, 0.05) is 12.4 Å². The first-order chi connectivity index (χ1) is 11.6. The summed E-state index contributed by atoms with van der Waals surface area (Å²) in [7, 11) is 0. The largest absolute Gasteiger partial charge is 0.486 e. The predicted octanol–water partition coefficient (Wildman–Crippen LogP) is 2.25. The maximum absolute atomic E-state index is 12.6. The van der Waals surface area contributed by atoms with E-state index in [0.29, 0.717) is 24.3 Å². The van der Waals surface area contributed by atoms with E-state index in [1.165, 1.54) is 0 Å². The molecular weight excluding hydrogens is 304 g/mol. The number of likely N-dealkylation sites (tertiary alicyclic amines) is 1. The van der Waals surface area contributed by atoms with Crippen LogP contribution in [0.4, 0.5) is 0 Å². The number of hydrogen-bond acceptors (Lipinski definition) is 4. The van der Waals surface area contributed by atoms with Crippen molar-refractivity contribution in [3.8, 4) is 5.75 Å². The molecule has 1 aromatic carbocycles. The zero-order valence-electron chi connectivity index (χ0n) is 13.6. The molecule has 0 spiro atoms. The number of rotatable bonds is 3. The van der Waals surface area contributed by atoms with Crippen LogP contribution in [0.25, 0.3) is 5.65 Å². The van der Waals surface area contributed by atoms with Crippen molar-refractivity contribution in [2.75, 3.05) is 13.1 Å². The average molecular weight is 322 g/mol. The highest BCUT2D eigenvalue weighted by atomic mass is 16.5. The highest BCUT2D eigenvalue weighted by Crippen LogP contribution is 2.23. The number of benzene rings is 1. The summed E-state index contributed by atoms with van der Waals surface area (Å²) in [6.45, 7) is 5.12. The van der Waals surface area contributed by atoms with E-state index < -0.39 is 0 Å². The van der Waals surface area contributed by atoms with E-state index in [0.717, 1.165) is 16.9 Å². The summed E-state index contributed by atoms with van der Waals surface area (Å²) in [6.07, 6.45) is 5.22. The zero-order valence-corrected chi connectivity index (χ0v) is 13.6. The molecule has 3 heterocycles. The van der Waals surface area contributed by atoms with E-state index in [-0.39, 0.29) is 12.0 Å². The van der Waals surface area contributed by atoms with E-state index >= 15 is 0 Å². The number of carbonyl (C=O) groups is 1. The smallest absolute Gasteiger partial charge is 0.259 e. The second-order valence-electron chi connectivity index (χ2n) is 6.17. The molecule has 1 saturated heterocycles. The maximum Gasteiger partial charge on any atom is 0.259 e. The summed E-state index contributed by atoms with van der Waals surface area (Å²) >= 11 is 0. The fourth-order valence-corrected chi connectivity index (χ4v) is 2.84. The van der Waals surface area contributed by atoms with Crippen LogP contribution in [0.2, 0.25) is 0 Å². The van der Waals surface area contributed by atoms with Crippen molar-refractivity contribution >= 4 is 11.6 Å². The van der Waals surface area contributed by atoms with E-state index in [1.807, 2.05) is 44.3 Å². The first-order valence-corrected chi connectivity index (χ1v) is 7.93. The van der Waals surface area contributed by atoms with Gasteiger partial charge >= 0.3 is 0 Å². The molecule has 0 unspecified atom stereocenters. The van der Waals surface area contributed by atoms with Crippen LogP contribution < -0.4 is 4.74 Å². The first kappa shape index (κ1) is 14.7. The topological polar surface area (TPSA) is 59.7 Å². The molecule has 4 rings (SSSR count). The Morgan fingerprint density at radius 1 is 1.21 bits per heavy atom. The van der Waals surface area contributed by atoms with Gasteiger partial charge in [0.2, 0.25) is 0 Å². The number of amides is 1. The van der Waals surface area contributed by atoms with Crippen LogP contribution in [0.1, 0.15) is 21.5 Å². The number of ether oxygens (including phenoxy) is 1. The maximum atomic E-state index is 12.6. The minimum atomic E-state index is -0.0500. The van der Waals surface area contributed by atoms with Crippen LogP contribution in [0.5, 0.6) is 5.75 Å². The summed E-state index contributed by atoms with van der Waals surface area (Å²) in [5.74, 6) is 0.828. The molecule has 0 atom stereocenters. The molecule has 3 aromatic rings. The summed E-state index contributed by atoms with van der Waals surface area (Å²) in [4.78, 5) is 18.7. The number of fused-ring (bicyclic) bond motifs is 1. The van der Waals surface area contributed by atoms with Gasteiger partial charge in [0.25, 0.3) is 5.91 Å². The Labute approximate surface area is 139 Å². The predicted molar refractivity (Wildman–Crippen MR) is 89.2 cm³/mol. The monoisotopic (exact) mass is 322 g/mol. The Hall–Kier alpha value is -2.89. The average Bonchev–Trinajstić information content (AvgIpc) is 2.94. The summed E-state index contributed by atoms with van der Waals surface area (Å²) in [5, 5.41) is 4.22. The van der Waals surface area contributed by atoms with Crippen LogP contribution in [-0.2, 0) is 0 Å². The van der Waals surface area contributed by atoms with E-state index in [2.05, 4.69) is 10.1 Å². The molecule has 6 nitrogen and oxygen atoms in total. The van der Waals surface area contributed by atoms with Crippen molar-refractivity contribution in [3.63, 3.8) is 0 Å². The van der Waals surface area contributed by atoms with Gasteiger partial charge in [0.15, 0.2) is 5.65 Å². The Morgan fingerprint density at radius 2 is 2.00 bits per heavy atom. The van der Waals surface area contributed by atoms with E-state index in [4.69, 9.17) is 4.74 Å². The Kier molecular flexibility index (Phi) is 3.45. The number of para-hydroxylation sites is 1. The minimum Gasteiger partial charge on any atom is -0.486 e. The van der Waals surface area contributed by atoms with Crippen molar-refractivity contribution in [2.45, 2.75) is 20.0 Å². The molecule has 2 aromatic heterocycles. The van der Waals surface area contributed by atoms with Crippen molar-refractivity contribution in [1.82, 2.24) is 19.5 Å². The first-order valence-electron chi connectivity index (χ1n) is 7.93. The molecule has 0 saturated carbocycles. The lowest BCUT2D eigenvalue weighted by molar-refractivity contribution is 0.0177. The Morgan fingerprint density at radius 3 is 2.79 bits per heavy atom. The van der Waals surface area contributed by atoms with E-state index in [1.54, 1.807) is 21.8 Å². The van der Waals surface area contributed by atoms with Crippen molar-refractivity contribution in [2.24, 2.45) is 0 Å². The fourth-order valence-electron chi connectivity index (χ4n) is 2.84. The zero-order chi connectivity index (χ0) is 16.7. The van der Waals surface area contributed by atoms with Gasteiger partial charge in [-0.1, -0.05) is 18.2 Å². The third-order valence-electron chi connectivity index (χ3n) is 4.24. The Balaban J connectivity index is 1.44. The molecule has 0 aliphatic carbocycles. The van der Waals surface area contributed by atoms with Crippen molar-refractivity contribution < 1.29 is 9.53 Å². The van der Waals surface area contributed by atoms with Gasteiger partial charge in [-0.15, -0.1) is 0 Å². The highest BCUT2D eigenvalue weighted by Gasteiger charge is 2.34. The molecule has 1 fully saturated rings. The standard InChI is InChI=1S/C18H18N4O2/c1-12-7-19-17-15(8-20-22(17)9-12)18(23)21-10-14(11-21)24-16-6-4-3-5-13(16)2/h3-9,14H,10-11H2,1-2H3. The van der Waals surface area contributed by atoms with Crippen LogP contribution in [0.15, 0.2) is 42.9 Å². The van der Waals surface area contributed by atoms with Gasteiger partial charge in [-0.25, -0.2) is 9.50 Å². The van der Waals surface area contributed by atoms with Gasteiger partial charge in [-0.3, -0.25) is 4.79 Å². The lowest BCUT2D eigenvalue weighted by atomic mass is 10.1. The fraction of sp³-hybridized carbons (Fsp3) is 0.278. The van der Waals surface area contributed by atoms with Gasteiger partial charge in [-0.2, -0.15) is 5.10 Å². The molecule has 1 aliphatic heterocycles. The third kappa shape index (κ3) is 2.50. The third-order valence-corrected chi connectivity index (χ3v) is 4.24. The van der Waals surface area contributed by atoms with Gasteiger partial charge in [0.1, 0.15) is 17.4 Å². The van der Waals surface area contributed by atoms with Crippen molar-refractivity contribution in [1.29, 1.82) is 0 Å². The highest BCUT2D eigenvalue weighted by molar-refractivity contribution is 6.00. The molecule has 1 amide bonds. The summed E-state index contributed by atoms with van der Waals surface area (Å²) < 4.78 is 7.59. The number of aromatic nitrogens is 3. The molecule has 122 valence electrons. The van der Waals surface area contributed by atoms with Crippen LogP contribution >= 0.6 is 0 Å². The number of nitrogens with zero attached hydrogens (tertiary/aromatic N) is 4. The lowest BCUT2D eigenvalue weighted by Crippen LogP contribution is -2.56. The molecule has 0 radical (unpaired) electrons. The molecule has 0 bridgehead atoms. The van der Waals surface area contributed by atoms with E-state index in [9.17, 15) is 4.79 Å². The second-order valence-corrected chi connectivity index (χ2v) is 6.17. The SMILES string of the molecule is Cc1cnc2c(C(=O)N3CC(Oc4ccccc4C)C3)cnn2c1. The minimum absolute atomic E-state index is 0.0343. The molecular formula is C18H18N4O2. The summed E-state index contributed by atoms with van der Waals surface area (Å²) in [5.41, 5.74) is 3.22. The van der Waals surface area contributed by atoms with Crippen LogP contribution in [0, 0.1) is 13.8 Å². The van der Waals surface area contributed by atoms with Gasteiger partial charge in [0.05, 0.1) is 19.3 Å². The quantitative estimate of drug-likeness (QED) is 0.742. The van der Waals surface area contributed by atoms with Crippen LogP contribution in [0.3, 0.4) is 0 Å². The molecule has 6 heteroatoms. The second kappa shape index (κ2) is 5.63. The molecule has 24 heavy (non-hydrogen) atoms. The van der Waals surface area contributed by atoms with Gasteiger partial charge in [-0.05, 0) is 31.0 Å². The molecule has 1 aliphatic rings. The number of hydrogen-bond donors (Lipinski definition) is 0. The number of aryl methyl sites for hydroxylation is 2. The lowest BCUT2D eigenvalue weighted by Gasteiger charge is -2.39. The Bertz CT molecular complexity index is 912. The molecule has 0 N–H and O–H groups in total. The number of carbonyl (C=O) groups excluding carboxylic acids is 1. The normalized spacial score (nSPS) is 14.7. The van der Waals surface area contributed by atoms with Crippen LogP contribution in [-0.4, -0.2) is 44.6 Å². The summed E-state index contributed by atoms with van der Waals surface area (Å²) in [6, 6.07) is 7.91. The van der Waals surface area contributed by atoms with Crippen molar-refractivity contribution in [3.05, 3.63) is 59.5 Å². The van der Waals surface area contributed by atoms with Gasteiger partial charge < -0.3 is 9.64 Å².